The van der Waals surface area contributed by atoms with Gasteiger partial charge >= 0.3 is 6.09 Å². The predicted molar refractivity (Wildman–Crippen MR) is 148 cm³/mol. The first-order valence-electron chi connectivity index (χ1n) is 12.8. The van der Waals surface area contributed by atoms with Crippen LogP contribution in [0.1, 0.15) is 40.5 Å². The molecule has 0 aliphatic carbocycles. The van der Waals surface area contributed by atoms with Crippen LogP contribution >= 0.6 is 12.6 Å². The fraction of sp³-hybridized carbons (Fsp3) is 0.407. The number of nitrogens with one attached hydrogen (secondary N) is 1. The summed E-state index contributed by atoms with van der Waals surface area (Å²) >= 11 is 4.25. The molecule has 39 heavy (non-hydrogen) atoms. The van der Waals surface area contributed by atoms with Crippen LogP contribution in [-0.4, -0.2) is 79.3 Å². The SMILES string of the molecule is CC(S)NC[C@@H]1CN(c2ccc(N3CCN(C(=O)CCC(=O)c4ccc(C(N)=O)cc4)CC3)c(F)c2)C(=O)O1. The highest BCUT2D eigenvalue weighted by Crippen LogP contribution is 2.28. The van der Waals surface area contributed by atoms with Crippen molar-refractivity contribution in [3.63, 3.8) is 0 Å². The second-order valence-electron chi connectivity index (χ2n) is 9.57. The molecule has 2 aromatic rings. The van der Waals surface area contributed by atoms with Gasteiger partial charge in [-0.1, -0.05) is 12.1 Å². The molecule has 4 rings (SSSR count). The van der Waals surface area contributed by atoms with Gasteiger partial charge in [0.05, 0.1) is 17.9 Å². The lowest BCUT2D eigenvalue weighted by Crippen LogP contribution is -2.49. The van der Waals surface area contributed by atoms with E-state index in [4.69, 9.17) is 10.5 Å². The summed E-state index contributed by atoms with van der Waals surface area (Å²) in [5.41, 5.74) is 6.76. The van der Waals surface area contributed by atoms with Crippen molar-refractivity contribution in [2.75, 3.05) is 49.1 Å². The Kier molecular flexibility index (Phi) is 9.08. The number of benzene rings is 2. The molecule has 0 bridgehead atoms. The number of cyclic esters (lactones) is 1. The molecule has 2 fully saturated rings. The van der Waals surface area contributed by atoms with E-state index < -0.39 is 17.8 Å². The van der Waals surface area contributed by atoms with Crippen LogP contribution in [0.4, 0.5) is 20.6 Å². The predicted octanol–water partition coefficient (Wildman–Crippen LogP) is 2.43. The van der Waals surface area contributed by atoms with Crippen LogP contribution in [0, 0.1) is 5.82 Å². The molecule has 2 atom stereocenters. The molecular weight excluding hydrogens is 525 g/mol. The van der Waals surface area contributed by atoms with E-state index in [1.807, 2.05) is 11.8 Å². The van der Waals surface area contributed by atoms with E-state index in [9.17, 15) is 19.2 Å². The van der Waals surface area contributed by atoms with Gasteiger partial charge in [-0.3, -0.25) is 19.3 Å². The maximum Gasteiger partial charge on any atom is 0.414 e. The molecule has 2 aliphatic heterocycles. The molecule has 10 nitrogen and oxygen atoms in total. The number of ether oxygens (including phenoxy) is 1. The monoisotopic (exact) mass is 557 g/mol. The molecule has 0 saturated carbocycles. The van der Waals surface area contributed by atoms with Crippen molar-refractivity contribution < 1.29 is 28.3 Å². The first kappa shape index (κ1) is 28.4. The summed E-state index contributed by atoms with van der Waals surface area (Å²) in [5, 5.41) is 3.06. The van der Waals surface area contributed by atoms with E-state index in [2.05, 4.69) is 17.9 Å². The summed E-state index contributed by atoms with van der Waals surface area (Å²) in [7, 11) is 0. The zero-order valence-electron chi connectivity index (χ0n) is 21.6. The van der Waals surface area contributed by atoms with Crippen molar-refractivity contribution in [2.24, 2.45) is 5.73 Å². The number of ketones is 1. The number of carbonyl (C=O) groups excluding carboxylic acids is 4. The second kappa shape index (κ2) is 12.5. The molecule has 208 valence electrons. The third kappa shape index (κ3) is 7.07. The first-order chi connectivity index (χ1) is 18.6. The largest absolute Gasteiger partial charge is 0.443 e. The zero-order chi connectivity index (χ0) is 28.1. The highest BCUT2D eigenvalue weighted by molar-refractivity contribution is 7.80. The van der Waals surface area contributed by atoms with Gasteiger partial charge in [0.25, 0.3) is 0 Å². The molecule has 2 heterocycles. The average molecular weight is 558 g/mol. The smallest absolute Gasteiger partial charge is 0.414 e. The molecular formula is C27H32FN5O5S. The van der Waals surface area contributed by atoms with Crippen molar-refractivity contribution in [1.29, 1.82) is 0 Å². The van der Waals surface area contributed by atoms with Gasteiger partial charge in [-0.05, 0) is 37.3 Å². The van der Waals surface area contributed by atoms with Crippen molar-refractivity contribution in [3.8, 4) is 0 Å². The van der Waals surface area contributed by atoms with Crippen molar-refractivity contribution in [3.05, 3.63) is 59.4 Å². The van der Waals surface area contributed by atoms with Crippen LogP contribution in [0.3, 0.4) is 0 Å². The van der Waals surface area contributed by atoms with Crippen LogP contribution in [-0.2, 0) is 9.53 Å². The van der Waals surface area contributed by atoms with E-state index in [0.29, 0.717) is 61.8 Å². The normalized spacial score (nSPS) is 18.2. The van der Waals surface area contributed by atoms with Crippen molar-refractivity contribution >= 4 is 47.7 Å². The fourth-order valence-corrected chi connectivity index (χ4v) is 4.71. The Bertz CT molecular complexity index is 1230. The summed E-state index contributed by atoms with van der Waals surface area (Å²) in [6.07, 6.45) is -0.754. The van der Waals surface area contributed by atoms with Crippen LogP contribution < -0.4 is 20.9 Å². The number of rotatable bonds is 10. The number of nitrogens with zero attached hydrogens (tertiary/aromatic N) is 3. The van der Waals surface area contributed by atoms with E-state index in [0.717, 1.165) is 0 Å². The Labute approximate surface area is 231 Å². The number of Topliss-reactive ketones (excluding diaryl/α,β-unsaturated/α-hetero) is 1. The maximum absolute atomic E-state index is 15.1. The van der Waals surface area contributed by atoms with E-state index in [1.165, 1.54) is 35.2 Å². The number of nitrogens with two attached hydrogens (primary N) is 1. The molecule has 2 saturated heterocycles. The number of carbonyl (C=O) groups is 4. The van der Waals surface area contributed by atoms with Crippen LogP contribution in [0.15, 0.2) is 42.5 Å². The van der Waals surface area contributed by atoms with Crippen LogP contribution in [0.2, 0.25) is 0 Å². The summed E-state index contributed by atoms with van der Waals surface area (Å²) in [6, 6.07) is 10.7. The average Bonchev–Trinajstić information content (AvgIpc) is 3.30. The van der Waals surface area contributed by atoms with Gasteiger partial charge in [0, 0.05) is 62.1 Å². The summed E-state index contributed by atoms with van der Waals surface area (Å²) in [5.74, 6) is -1.37. The molecule has 3 amide bonds. The van der Waals surface area contributed by atoms with Crippen LogP contribution in [0.25, 0.3) is 0 Å². The Morgan fingerprint density at radius 3 is 2.36 bits per heavy atom. The molecule has 1 unspecified atom stereocenters. The van der Waals surface area contributed by atoms with Crippen LogP contribution in [0.5, 0.6) is 0 Å². The third-order valence-electron chi connectivity index (χ3n) is 6.79. The van der Waals surface area contributed by atoms with Gasteiger partial charge < -0.3 is 25.6 Å². The topological polar surface area (TPSA) is 125 Å². The Balaban J connectivity index is 1.26. The van der Waals surface area contributed by atoms with Gasteiger partial charge in [0.2, 0.25) is 11.8 Å². The second-order valence-corrected chi connectivity index (χ2v) is 10.3. The minimum absolute atomic E-state index is 0.0403. The van der Waals surface area contributed by atoms with Gasteiger partial charge in [-0.15, -0.1) is 0 Å². The quantitative estimate of drug-likeness (QED) is 0.233. The summed E-state index contributed by atoms with van der Waals surface area (Å²) < 4.78 is 20.4. The Hall–Kier alpha value is -3.64. The van der Waals surface area contributed by atoms with E-state index >= 15 is 4.39 Å². The Morgan fingerprint density at radius 2 is 1.74 bits per heavy atom. The minimum atomic E-state index is -0.573. The number of anilines is 2. The third-order valence-corrected chi connectivity index (χ3v) is 6.97. The number of thiol groups is 1. The number of primary amides is 1. The summed E-state index contributed by atoms with van der Waals surface area (Å²) in [6.45, 7) is 4.31. The number of hydrogen-bond donors (Lipinski definition) is 3. The van der Waals surface area contributed by atoms with Crippen molar-refractivity contribution in [1.82, 2.24) is 10.2 Å². The lowest BCUT2D eigenvalue weighted by atomic mass is 10.0. The van der Waals surface area contributed by atoms with Gasteiger partial charge in [0.1, 0.15) is 11.9 Å². The lowest BCUT2D eigenvalue weighted by molar-refractivity contribution is -0.131. The van der Waals surface area contributed by atoms with Gasteiger partial charge in [0.15, 0.2) is 5.78 Å². The molecule has 0 aromatic heterocycles. The highest BCUT2D eigenvalue weighted by atomic mass is 32.1. The first-order valence-corrected chi connectivity index (χ1v) is 13.3. The molecule has 2 aromatic carbocycles. The molecule has 12 heteroatoms. The lowest BCUT2D eigenvalue weighted by Gasteiger charge is -2.36. The van der Waals surface area contributed by atoms with Crippen molar-refractivity contribution in [2.45, 2.75) is 31.2 Å². The number of hydrogen-bond acceptors (Lipinski definition) is 8. The molecule has 2 aliphatic rings. The minimum Gasteiger partial charge on any atom is -0.443 e. The summed E-state index contributed by atoms with van der Waals surface area (Å²) in [4.78, 5) is 53.5. The van der Waals surface area contributed by atoms with Gasteiger partial charge in [-0.2, -0.15) is 12.6 Å². The number of amides is 3. The highest BCUT2D eigenvalue weighted by Gasteiger charge is 2.33. The molecule has 0 spiro atoms. The van der Waals surface area contributed by atoms with Gasteiger partial charge in [-0.25, -0.2) is 9.18 Å². The Morgan fingerprint density at radius 1 is 1.08 bits per heavy atom. The van der Waals surface area contributed by atoms with E-state index in [1.54, 1.807) is 17.0 Å². The fourth-order valence-electron chi connectivity index (χ4n) is 4.60. The zero-order valence-corrected chi connectivity index (χ0v) is 22.5. The number of piperazine rings is 1. The maximum atomic E-state index is 15.1. The molecule has 3 N–H and O–H groups in total. The number of halogens is 1. The van der Waals surface area contributed by atoms with E-state index in [-0.39, 0.29) is 36.0 Å². The standard InChI is InChI=1S/C27H32FN5O5S/c1-17(39)30-15-21-16-33(27(37)38-21)20-6-7-23(22(28)14-20)31-10-12-32(13-11-31)25(35)9-8-24(34)18-2-4-19(5-3-18)26(29)36/h2-7,14,17,21,30,39H,8-13,15-16H2,1H3,(H2,29,36)/t17?,21-/m1/s1. The molecule has 0 radical (unpaired) electrons.